The number of hydrogen-bond donors (Lipinski definition) is 1. The molecule has 88 valence electrons. The summed E-state index contributed by atoms with van der Waals surface area (Å²) in [5, 5.41) is 4.65. The minimum atomic E-state index is -2.91. The average Bonchev–Trinajstić information content (AvgIpc) is 2.46. The molecule has 2 unspecified atom stereocenters. The summed E-state index contributed by atoms with van der Waals surface area (Å²) >= 11 is 0. The molecule has 2 atom stereocenters. The molecule has 1 aliphatic rings. The van der Waals surface area contributed by atoms with Crippen molar-refractivity contribution in [3.8, 4) is 0 Å². The third-order valence-corrected chi connectivity index (χ3v) is 4.06. The molecule has 4 heteroatoms. The van der Waals surface area contributed by atoms with Gasteiger partial charge in [-0.05, 0) is 13.3 Å². The van der Waals surface area contributed by atoms with Crippen LogP contribution in [0.25, 0.3) is 0 Å². The van der Waals surface area contributed by atoms with Crippen molar-refractivity contribution in [2.24, 2.45) is 0 Å². The van der Waals surface area contributed by atoms with Gasteiger partial charge in [0.05, 0.1) is 5.75 Å². The van der Waals surface area contributed by atoms with E-state index in [1.54, 1.807) is 6.08 Å². The number of rotatable bonds is 6. The van der Waals surface area contributed by atoms with E-state index in [0.717, 1.165) is 6.42 Å². The summed E-state index contributed by atoms with van der Waals surface area (Å²) in [7, 11) is -2.91. The maximum absolute atomic E-state index is 11.2. The molecule has 3 nitrogen and oxygen atoms in total. The van der Waals surface area contributed by atoms with Crippen LogP contribution in [0.4, 0.5) is 0 Å². The normalized spacial score (nSPS) is 25.6. The Morgan fingerprint density at radius 2 is 2.20 bits per heavy atom. The summed E-state index contributed by atoms with van der Waals surface area (Å²) < 4.78 is 22.3. The van der Waals surface area contributed by atoms with Crippen LogP contribution in [-0.4, -0.2) is 26.3 Å². The largest absolute Gasteiger partial charge is 0.307 e. The monoisotopic (exact) mass is 231 g/mol. The van der Waals surface area contributed by atoms with Crippen molar-refractivity contribution < 1.29 is 8.42 Å². The van der Waals surface area contributed by atoms with Crippen molar-refractivity contribution in [1.82, 2.24) is 5.32 Å². The Bertz CT molecular complexity index is 309. The fourth-order valence-corrected chi connectivity index (χ4v) is 3.08. The summed E-state index contributed by atoms with van der Waals surface area (Å²) in [6.45, 7) is 4.30. The van der Waals surface area contributed by atoms with Crippen molar-refractivity contribution in [3.05, 3.63) is 11.5 Å². The highest BCUT2D eigenvalue weighted by molar-refractivity contribution is 7.94. The van der Waals surface area contributed by atoms with Crippen molar-refractivity contribution in [1.29, 1.82) is 0 Å². The zero-order valence-electron chi connectivity index (χ0n) is 9.57. The standard InChI is InChI=1S/C11H21NO2S/c1-3-4-5-6-10(2)12-11-7-8-15(13,14)9-11/h7-8,10-12H,3-6,9H2,1-2H3. The van der Waals surface area contributed by atoms with Gasteiger partial charge in [-0.15, -0.1) is 0 Å². The third-order valence-electron chi connectivity index (χ3n) is 2.67. The highest BCUT2D eigenvalue weighted by atomic mass is 32.2. The SMILES string of the molecule is CCCCCC(C)NC1C=CS(=O)(=O)C1. The zero-order valence-corrected chi connectivity index (χ0v) is 10.4. The van der Waals surface area contributed by atoms with Crippen LogP contribution in [0.3, 0.4) is 0 Å². The molecule has 0 amide bonds. The highest BCUT2D eigenvalue weighted by Crippen LogP contribution is 2.10. The topological polar surface area (TPSA) is 46.2 Å². The average molecular weight is 231 g/mol. The minimum Gasteiger partial charge on any atom is -0.307 e. The van der Waals surface area contributed by atoms with Gasteiger partial charge in [0.2, 0.25) is 0 Å². The number of unbranched alkanes of at least 4 members (excludes halogenated alkanes) is 2. The van der Waals surface area contributed by atoms with E-state index >= 15 is 0 Å². The summed E-state index contributed by atoms with van der Waals surface area (Å²) in [5.41, 5.74) is 0. The molecule has 0 radical (unpaired) electrons. The van der Waals surface area contributed by atoms with E-state index in [1.807, 2.05) is 0 Å². The van der Waals surface area contributed by atoms with Gasteiger partial charge in [-0.2, -0.15) is 0 Å². The minimum absolute atomic E-state index is 0.0200. The molecule has 0 aromatic heterocycles. The van der Waals surface area contributed by atoms with Crippen LogP contribution in [0.5, 0.6) is 0 Å². The van der Waals surface area contributed by atoms with Crippen molar-refractivity contribution >= 4 is 9.84 Å². The smallest absolute Gasteiger partial charge is 0.173 e. The lowest BCUT2D eigenvalue weighted by molar-refractivity contribution is 0.468. The van der Waals surface area contributed by atoms with Crippen molar-refractivity contribution in [2.75, 3.05) is 5.75 Å². The number of nitrogens with one attached hydrogen (secondary N) is 1. The molecule has 1 aliphatic heterocycles. The van der Waals surface area contributed by atoms with E-state index in [9.17, 15) is 8.42 Å². The van der Waals surface area contributed by atoms with Gasteiger partial charge in [0.15, 0.2) is 9.84 Å². The summed E-state index contributed by atoms with van der Waals surface area (Å²) in [6.07, 6.45) is 6.58. The van der Waals surface area contributed by atoms with E-state index < -0.39 is 9.84 Å². The predicted octanol–water partition coefficient (Wildman–Crippen LogP) is 1.86. The molecular formula is C11H21NO2S. The number of sulfone groups is 1. The highest BCUT2D eigenvalue weighted by Gasteiger charge is 2.22. The second kappa shape index (κ2) is 5.66. The molecule has 0 bridgehead atoms. The third kappa shape index (κ3) is 4.80. The Balaban J connectivity index is 2.22. The van der Waals surface area contributed by atoms with Gasteiger partial charge in [0.25, 0.3) is 0 Å². The first-order chi connectivity index (χ1) is 7.03. The Hall–Kier alpha value is -0.350. The van der Waals surface area contributed by atoms with Crippen molar-refractivity contribution in [3.63, 3.8) is 0 Å². The lowest BCUT2D eigenvalue weighted by Gasteiger charge is -2.17. The van der Waals surface area contributed by atoms with Gasteiger partial charge in [-0.1, -0.05) is 32.3 Å². The molecule has 0 saturated heterocycles. The fourth-order valence-electron chi connectivity index (χ4n) is 1.83. The van der Waals surface area contributed by atoms with Crippen LogP contribution < -0.4 is 5.32 Å². The molecule has 1 heterocycles. The van der Waals surface area contributed by atoms with Crippen LogP contribution in [-0.2, 0) is 9.84 Å². The first kappa shape index (κ1) is 12.7. The summed E-state index contributed by atoms with van der Waals surface area (Å²) in [5.74, 6) is 0.227. The molecule has 1 N–H and O–H groups in total. The lowest BCUT2D eigenvalue weighted by Crippen LogP contribution is -2.37. The Kier molecular flexibility index (Phi) is 4.80. The van der Waals surface area contributed by atoms with Gasteiger partial charge in [0, 0.05) is 17.5 Å². The zero-order chi connectivity index (χ0) is 11.3. The lowest BCUT2D eigenvalue weighted by atomic mass is 10.1. The maximum Gasteiger partial charge on any atom is 0.173 e. The van der Waals surface area contributed by atoms with E-state index in [1.165, 1.54) is 24.7 Å². The number of hydrogen-bond acceptors (Lipinski definition) is 3. The molecule has 15 heavy (non-hydrogen) atoms. The molecule has 0 aliphatic carbocycles. The molecule has 0 aromatic carbocycles. The first-order valence-electron chi connectivity index (χ1n) is 5.70. The van der Waals surface area contributed by atoms with Crippen LogP contribution in [0.2, 0.25) is 0 Å². The van der Waals surface area contributed by atoms with Gasteiger partial charge >= 0.3 is 0 Å². The van der Waals surface area contributed by atoms with Crippen LogP contribution >= 0.6 is 0 Å². The summed E-state index contributed by atoms with van der Waals surface area (Å²) in [6, 6.07) is 0.422. The van der Waals surface area contributed by atoms with Gasteiger partial charge in [-0.25, -0.2) is 8.42 Å². The quantitative estimate of drug-likeness (QED) is 0.710. The van der Waals surface area contributed by atoms with Gasteiger partial charge in [-0.3, -0.25) is 0 Å². The predicted molar refractivity (Wildman–Crippen MR) is 63.5 cm³/mol. The van der Waals surface area contributed by atoms with E-state index in [4.69, 9.17) is 0 Å². The first-order valence-corrected chi connectivity index (χ1v) is 7.42. The second-order valence-electron chi connectivity index (χ2n) is 4.33. The fraction of sp³-hybridized carbons (Fsp3) is 0.818. The Morgan fingerprint density at radius 3 is 2.73 bits per heavy atom. The van der Waals surface area contributed by atoms with Gasteiger partial charge < -0.3 is 5.32 Å². The molecular weight excluding hydrogens is 210 g/mol. The Morgan fingerprint density at radius 1 is 1.47 bits per heavy atom. The van der Waals surface area contributed by atoms with Gasteiger partial charge in [0.1, 0.15) is 0 Å². The Labute approximate surface area is 92.9 Å². The summed E-state index contributed by atoms with van der Waals surface area (Å²) in [4.78, 5) is 0. The molecule has 1 rings (SSSR count). The maximum atomic E-state index is 11.2. The second-order valence-corrected chi connectivity index (χ2v) is 6.26. The molecule has 0 aromatic rings. The van der Waals surface area contributed by atoms with E-state index in [-0.39, 0.29) is 11.8 Å². The van der Waals surface area contributed by atoms with E-state index in [0.29, 0.717) is 6.04 Å². The van der Waals surface area contributed by atoms with Crippen LogP contribution in [0.15, 0.2) is 11.5 Å². The molecule has 0 saturated carbocycles. The van der Waals surface area contributed by atoms with Crippen LogP contribution in [0.1, 0.15) is 39.5 Å². The molecule has 0 fully saturated rings. The van der Waals surface area contributed by atoms with E-state index in [2.05, 4.69) is 19.2 Å². The molecule has 0 spiro atoms. The van der Waals surface area contributed by atoms with Crippen LogP contribution in [0, 0.1) is 0 Å². The van der Waals surface area contributed by atoms with Crippen molar-refractivity contribution in [2.45, 2.75) is 51.6 Å².